The van der Waals surface area contributed by atoms with E-state index in [0.29, 0.717) is 17.9 Å². The molecule has 1 aromatic rings. The molecular formula is C14H16BrClO2. The summed E-state index contributed by atoms with van der Waals surface area (Å²) in [6, 6.07) is 5.62. The number of ketones is 1. The van der Waals surface area contributed by atoms with Crippen LogP contribution in [-0.2, 0) is 16.0 Å². The summed E-state index contributed by atoms with van der Waals surface area (Å²) in [5.74, 6) is 0.195. The Bertz CT molecular complexity index is 450. The standard InChI is InChI=1S/C14H16BrClO2/c1-18-14(5-2-6-14)9-12(17)7-10-3-4-11(15)8-13(10)16/h3-4,8H,2,5-7,9H2,1H3. The number of hydrogen-bond donors (Lipinski definition) is 0. The first kappa shape index (κ1) is 14.0. The molecule has 4 heteroatoms. The smallest absolute Gasteiger partial charge is 0.140 e. The van der Waals surface area contributed by atoms with Gasteiger partial charge in [0.1, 0.15) is 5.78 Å². The molecule has 0 aromatic heterocycles. The third-order valence-electron chi connectivity index (χ3n) is 3.62. The second kappa shape index (κ2) is 5.72. The average Bonchev–Trinajstić information content (AvgIpc) is 2.27. The Hall–Kier alpha value is -0.380. The maximum atomic E-state index is 12.1. The Morgan fingerprint density at radius 2 is 2.22 bits per heavy atom. The fourth-order valence-electron chi connectivity index (χ4n) is 2.32. The highest BCUT2D eigenvalue weighted by Gasteiger charge is 2.38. The summed E-state index contributed by atoms with van der Waals surface area (Å²) < 4.78 is 6.40. The molecule has 0 saturated heterocycles. The Morgan fingerprint density at radius 3 is 2.72 bits per heavy atom. The highest BCUT2D eigenvalue weighted by atomic mass is 79.9. The van der Waals surface area contributed by atoms with Gasteiger partial charge in [-0.1, -0.05) is 33.6 Å². The zero-order valence-electron chi connectivity index (χ0n) is 10.3. The molecule has 98 valence electrons. The van der Waals surface area contributed by atoms with E-state index in [9.17, 15) is 4.79 Å². The van der Waals surface area contributed by atoms with Crippen LogP contribution in [0.1, 0.15) is 31.2 Å². The molecule has 0 bridgehead atoms. The zero-order valence-corrected chi connectivity index (χ0v) is 12.7. The summed E-state index contributed by atoms with van der Waals surface area (Å²) >= 11 is 9.47. The van der Waals surface area contributed by atoms with Crippen molar-refractivity contribution >= 4 is 33.3 Å². The van der Waals surface area contributed by atoms with Crippen molar-refractivity contribution in [3.63, 3.8) is 0 Å². The molecule has 18 heavy (non-hydrogen) atoms. The zero-order chi connectivity index (χ0) is 13.2. The molecule has 0 radical (unpaired) electrons. The predicted molar refractivity (Wildman–Crippen MR) is 76.1 cm³/mol. The van der Waals surface area contributed by atoms with Crippen molar-refractivity contribution in [2.24, 2.45) is 0 Å². The van der Waals surface area contributed by atoms with E-state index in [1.807, 2.05) is 18.2 Å². The molecule has 2 rings (SSSR count). The number of methoxy groups -OCH3 is 1. The summed E-state index contributed by atoms with van der Waals surface area (Å²) in [5.41, 5.74) is 0.689. The summed E-state index contributed by atoms with van der Waals surface area (Å²) in [6.07, 6.45) is 4.01. The Balaban J connectivity index is 1.98. The highest BCUT2D eigenvalue weighted by molar-refractivity contribution is 9.10. The van der Waals surface area contributed by atoms with E-state index in [2.05, 4.69) is 15.9 Å². The first-order valence-electron chi connectivity index (χ1n) is 6.05. The number of ether oxygens (including phenoxy) is 1. The molecule has 0 spiro atoms. The van der Waals surface area contributed by atoms with E-state index in [-0.39, 0.29) is 11.4 Å². The van der Waals surface area contributed by atoms with Crippen molar-refractivity contribution < 1.29 is 9.53 Å². The number of hydrogen-bond acceptors (Lipinski definition) is 2. The molecule has 0 N–H and O–H groups in total. The Kier molecular flexibility index (Phi) is 4.46. The molecule has 1 aromatic carbocycles. The molecule has 0 aliphatic heterocycles. The van der Waals surface area contributed by atoms with Gasteiger partial charge in [0.25, 0.3) is 0 Å². The molecule has 1 saturated carbocycles. The molecular weight excluding hydrogens is 316 g/mol. The predicted octanol–water partition coefficient (Wildman–Crippen LogP) is 4.17. The number of rotatable bonds is 5. The van der Waals surface area contributed by atoms with Gasteiger partial charge >= 0.3 is 0 Å². The van der Waals surface area contributed by atoms with Gasteiger partial charge in [0.15, 0.2) is 0 Å². The lowest BCUT2D eigenvalue weighted by molar-refractivity contribution is -0.131. The van der Waals surface area contributed by atoms with Gasteiger partial charge in [0.05, 0.1) is 5.60 Å². The largest absolute Gasteiger partial charge is 0.378 e. The van der Waals surface area contributed by atoms with Crippen molar-refractivity contribution in [2.75, 3.05) is 7.11 Å². The lowest BCUT2D eigenvalue weighted by Gasteiger charge is -2.40. The number of carbonyl (C=O) groups excluding carboxylic acids is 1. The van der Waals surface area contributed by atoms with Gasteiger partial charge in [0, 0.05) is 29.4 Å². The van der Waals surface area contributed by atoms with Crippen LogP contribution in [0, 0.1) is 0 Å². The van der Waals surface area contributed by atoms with E-state index in [1.54, 1.807) is 7.11 Å². The minimum Gasteiger partial charge on any atom is -0.378 e. The lowest BCUT2D eigenvalue weighted by atomic mass is 9.76. The van der Waals surface area contributed by atoms with Crippen molar-refractivity contribution in [3.05, 3.63) is 33.3 Å². The topological polar surface area (TPSA) is 26.3 Å². The molecule has 0 amide bonds. The van der Waals surface area contributed by atoms with E-state index in [1.165, 1.54) is 0 Å². The van der Waals surface area contributed by atoms with Crippen molar-refractivity contribution in [1.29, 1.82) is 0 Å². The summed E-state index contributed by atoms with van der Waals surface area (Å²) in [7, 11) is 1.69. The summed E-state index contributed by atoms with van der Waals surface area (Å²) in [6.45, 7) is 0. The summed E-state index contributed by atoms with van der Waals surface area (Å²) in [4.78, 5) is 12.1. The maximum Gasteiger partial charge on any atom is 0.140 e. The van der Waals surface area contributed by atoms with E-state index in [4.69, 9.17) is 16.3 Å². The van der Waals surface area contributed by atoms with Crippen LogP contribution in [0.3, 0.4) is 0 Å². The minimum atomic E-state index is -0.196. The summed E-state index contributed by atoms with van der Waals surface area (Å²) in [5, 5.41) is 0.637. The SMILES string of the molecule is COC1(CC(=O)Cc2ccc(Br)cc2Cl)CCC1. The van der Waals surface area contributed by atoms with Crippen molar-refractivity contribution in [1.82, 2.24) is 0 Å². The van der Waals surface area contributed by atoms with Gasteiger partial charge in [0.2, 0.25) is 0 Å². The first-order chi connectivity index (χ1) is 8.54. The lowest BCUT2D eigenvalue weighted by Crippen LogP contribution is -2.41. The van der Waals surface area contributed by atoms with Gasteiger partial charge < -0.3 is 4.74 Å². The molecule has 1 fully saturated rings. The molecule has 0 atom stereocenters. The van der Waals surface area contributed by atoms with E-state index < -0.39 is 0 Å². The highest BCUT2D eigenvalue weighted by Crippen LogP contribution is 2.38. The minimum absolute atomic E-state index is 0.195. The van der Waals surface area contributed by atoms with Crippen LogP contribution in [0.5, 0.6) is 0 Å². The molecule has 1 aliphatic carbocycles. The molecule has 2 nitrogen and oxygen atoms in total. The third kappa shape index (κ3) is 3.14. The van der Waals surface area contributed by atoms with Gasteiger partial charge in [-0.25, -0.2) is 0 Å². The third-order valence-corrected chi connectivity index (χ3v) is 4.46. The maximum absolute atomic E-state index is 12.1. The molecule has 0 unspecified atom stereocenters. The van der Waals surface area contributed by atoms with Gasteiger partial charge in [-0.15, -0.1) is 0 Å². The van der Waals surface area contributed by atoms with Crippen LogP contribution in [0.15, 0.2) is 22.7 Å². The Labute approximate surface area is 121 Å². The fourth-order valence-corrected chi connectivity index (χ4v) is 3.06. The van der Waals surface area contributed by atoms with Crippen molar-refractivity contribution in [2.45, 2.75) is 37.7 Å². The Morgan fingerprint density at radius 1 is 1.50 bits per heavy atom. The number of halogens is 2. The second-order valence-electron chi connectivity index (χ2n) is 4.87. The van der Waals surface area contributed by atoms with Crippen LogP contribution in [-0.4, -0.2) is 18.5 Å². The molecule has 0 heterocycles. The normalized spacial score (nSPS) is 17.3. The van der Waals surface area contributed by atoms with Gasteiger partial charge in [-0.05, 0) is 37.0 Å². The fraction of sp³-hybridized carbons (Fsp3) is 0.500. The van der Waals surface area contributed by atoms with Crippen LogP contribution >= 0.6 is 27.5 Å². The van der Waals surface area contributed by atoms with Gasteiger partial charge in [-0.2, -0.15) is 0 Å². The average molecular weight is 332 g/mol. The van der Waals surface area contributed by atoms with E-state index >= 15 is 0 Å². The number of Topliss-reactive ketones (excluding diaryl/α,β-unsaturated/α-hetero) is 1. The van der Waals surface area contributed by atoms with Gasteiger partial charge in [-0.3, -0.25) is 4.79 Å². The molecule has 1 aliphatic rings. The quantitative estimate of drug-likeness (QED) is 0.809. The first-order valence-corrected chi connectivity index (χ1v) is 7.22. The van der Waals surface area contributed by atoms with Crippen LogP contribution in [0.4, 0.5) is 0 Å². The van der Waals surface area contributed by atoms with Crippen LogP contribution in [0.25, 0.3) is 0 Å². The van der Waals surface area contributed by atoms with E-state index in [0.717, 1.165) is 29.3 Å². The number of carbonyl (C=O) groups is 1. The van der Waals surface area contributed by atoms with Crippen molar-refractivity contribution in [3.8, 4) is 0 Å². The number of benzene rings is 1. The van der Waals surface area contributed by atoms with Crippen LogP contribution in [0.2, 0.25) is 5.02 Å². The monoisotopic (exact) mass is 330 g/mol. The van der Waals surface area contributed by atoms with Crippen LogP contribution < -0.4 is 0 Å². The second-order valence-corrected chi connectivity index (χ2v) is 6.19.